The number of aliphatic carboxylic acids is 1. The third-order valence-electron chi connectivity index (χ3n) is 3.51. The van der Waals surface area contributed by atoms with Crippen molar-refractivity contribution in [2.24, 2.45) is 0 Å². The maximum absolute atomic E-state index is 14.0. The number of carboxylic acids is 1. The maximum atomic E-state index is 14.0. The lowest BCUT2D eigenvalue weighted by Gasteiger charge is -2.39. The highest BCUT2D eigenvalue weighted by molar-refractivity contribution is 5.84. The highest BCUT2D eigenvalue weighted by Crippen LogP contribution is 2.48. The lowest BCUT2D eigenvalue weighted by molar-refractivity contribution is -0.147. The van der Waals surface area contributed by atoms with E-state index in [0.29, 0.717) is 18.6 Å². The van der Waals surface area contributed by atoms with E-state index < -0.39 is 17.2 Å². The lowest BCUT2D eigenvalue weighted by atomic mass is 9.64. The van der Waals surface area contributed by atoms with Crippen molar-refractivity contribution in [3.8, 4) is 5.75 Å². The van der Waals surface area contributed by atoms with Gasteiger partial charge >= 0.3 is 5.97 Å². The summed E-state index contributed by atoms with van der Waals surface area (Å²) in [5.41, 5.74) is -0.171. The van der Waals surface area contributed by atoms with Gasteiger partial charge in [0.25, 0.3) is 0 Å². The topological polar surface area (TPSA) is 46.5 Å². The summed E-state index contributed by atoms with van der Waals surface area (Å²) in [6.07, 6.45) is 1.75. The summed E-state index contributed by atoms with van der Waals surface area (Å²) in [7, 11) is 1.44. The Hall–Kier alpha value is -1.58. The van der Waals surface area contributed by atoms with Gasteiger partial charge in [-0.15, -0.1) is 0 Å². The minimum Gasteiger partial charge on any atom is -0.496 e. The molecule has 1 aromatic rings. The molecule has 0 bridgehead atoms. The summed E-state index contributed by atoms with van der Waals surface area (Å²) in [6.45, 7) is 1.75. The molecule has 0 amide bonds. The number of benzene rings is 1. The van der Waals surface area contributed by atoms with Crippen LogP contribution in [0.15, 0.2) is 12.1 Å². The molecule has 0 heterocycles. The van der Waals surface area contributed by atoms with Crippen molar-refractivity contribution < 1.29 is 19.0 Å². The van der Waals surface area contributed by atoms with Crippen LogP contribution in [0, 0.1) is 12.7 Å². The second kappa shape index (κ2) is 4.02. The van der Waals surface area contributed by atoms with E-state index >= 15 is 0 Å². The van der Waals surface area contributed by atoms with Crippen molar-refractivity contribution in [2.75, 3.05) is 7.11 Å². The van der Waals surface area contributed by atoms with E-state index in [1.54, 1.807) is 13.0 Å². The van der Waals surface area contributed by atoms with Crippen molar-refractivity contribution in [3.63, 3.8) is 0 Å². The van der Waals surface area contributed by atoms with Gasteiger partial charge in [0.15, 0.2) is 0 Å². The largest absolute Gasteiger partial charge is 0.496 e. The molecular formula is C13H15FO3. The first kappa shape index (κ1) is 11.9. The van der Waals surface area contributed by atoms with E-state index in [1.807, 2.05) is 0 Å². The summed E-state index contributed by atoms with van der Waals surface area (Å²) in [5.74, 6) is -1.11. The predicted molar refractivity (Wildman–Crippen MR) is 60.9 cm³/mol. The fourth-order valence-electron chi connectivity index (χ4n) is 2.44. The van der Waals surface area contributed by atoms with Crippen molar-refractivity contribution in [3.05, 3.63) is 29.1 Å². The highest BCUT2D eigenvalue weighted by atomic mass is 19.1. The van der Waals surface area contributed by atoms with E-state index in [9.17, 15) is 14.3 Å². The Labute approximate surface area is 99.2 Å². The number of rotatable bonds is 3. The van der Waals surface area contributed by atoms with Crippen molar-refractivity contribution >= 4 is 5.97 Å². The lowest BCUT2D eigenvalue weighted by Crippen LogP contribution is -2.43. The van der Waals surface area contributed by atoms with E-state index in [-0.39, 0.29) is 5.56 Å². The molecule has 1 aliphatic carbocycles. The maximum Gasteiger partial charge on any atom is 0.314 e. The number of halogens is 1. The van der Waals surface area contributed by atoms with Gasteiger partial charge in [-0.3, -0.25) is 4.79 Å². The standard InChI is InChI=1S/C13H15FO3/c1-8-6-9(14)11(10(7-8)17-2)13(12(15)16)4-3-5-13/h6-7H,3-5H2,1-2H3,(H,15,16). The van der Waals surface area contributed by atoms with Crippen LogP contribution >= 0.6 is 0 Å². The van der Waals surface area contributed by atoms with Crippen LogP contribution in [0.5, 0.6) is 5.75 Å². The van der Waals surface area contributed by atoms with Crippen LogP contribution in [0.25, 0.3) is 0 Å². The van der Waals surface area contributed by atoms with Crippen molar-refractivity contribution in [1.29, 1.82) is 0 Å². The fourth-order valence-corrected chi connectivity index (χ4v) is 2.44. The summed E-state index contributed by atoms with van der Waals surface area (Å²) >= 11 is 0. The Morgan fingerprint density at radius 3 is 2.53 bits per heavy atom. The molecule has 1 aliphatic rings. The molecular weight excluding hydrogens is 223 g/mol. The number of ether oxygens (including phenoxy) is 1. The van der Waals surface area contributed by atoms with Crippen LogP contribution in [0.2, 0.25) is 0 Å². The highest BCUT2D eigenvalue weighted by Gasteiger charge is 2.49. The number of hydrogen-bond donors (Lipinski definition) is 1. The fraction of sp³-hybridized carbons (Fsp3) is 0.462. The zero-order valence-electron chi connectivity index (χ0n) is 9.92. The minimum atomic E-state index is -1.09. The summed E-state index contributed by atoms with van der Waals surface area (Å²) in [5, 5.41) is 9.33. The van der Waals surface area contributed by atoms with Gasteiger partial charge in [0.1, 0.15) is 11.6 Å². The molecule has 0 atom stereocenters. The average Bonchev–Trinajstić information content (AvgIpc) is 2.18. The van der Waals surface area contributed by atoms with Gasteiger partial charge in [-0.25, -0.2) is 4.39 Å². The van der Waals surface area contributed by atoms with Gasteiger partial charge in [-0.05, 0) is 37.5 Å². The first-order chi connectivity index (χ1) is 8.01. The second-order valence-electron chi connectivity index (χ2n) is 4.56. The molecule has 0 radical (unpaired) electrons. The number of hydrogen-bond acceptors (Lipinski definition) is 2. The molecule has 1 saturated carbocycles. The molecule has 2 rings (SSSR count). The Morgan fingerprint density at radius 2 is 2.12 bits per heavy atom. The normalized spacial score (nSPS) is 17.4. The molecule has 17 heavy (non-hydrogen) atoms. The van der Waals surface area contributed by atoms with Gasteiger partial charge in [-0.1, -0.05) is 6.42 Å². The van der Waals surface area contributed by atoms with Crippen molar-refractivity contribution in [1.82, 2.24) is 0 Å². The molecule has 0 spiro atoms. The Balaban J connectivity index is 2.61. The first-order valence-electron chi connectivity index (χ1n) is 5.59. The number of carbonyl (C=O) groups is 1. The van der Waals surface area contributed by atoms with Gasteiger partial charge in [0.05, 0.1) is 12.5 Å². The van der Waals surface area contributed by atoms with Gasteiger partial charge in [0, 0.05) is 5.56 Å². The Bertz CT molecular complexity index is 464. The van der Waals surface area contributed by atoms with Crippen LogP contribution < -0.4 is 4.74 Å². The average molecular weight is 238 g/mol. The summed E-state index contributed by atoms with van der Waals surface area (Å²) in [6, 6.07) is 3.04. The summed E-state index contributed by atoms with van der Waals surface area (Å²) < 4.78 is 19.2. The molecule has 4 heteroatoms. The number of aryl methyl sites for hydroxylation is 1. The zero-order valence-corrected chi connectivity index (χ0v) is 9.92. The van der Waals surface area contributed by atoms with E-state index in [1.165, 1.54) is 13.2 Å². The van der Waals surface area contributed by atoms with Crippen LogP contribution in [-0.4, -0.2) is 18.2 Å². The molecule has 1 aromatic carbocycles. The Morgan fingerprint density at radius 1 is 1.47 bits per heavy atom. The zero-order chi connectivity index (χ0) is 12.6. The molecule has 1 N–H and O–H groups in total. The monoisotopic (exact) mass is 238 g/mol. The molecule has 92 valence electrons. The summed E-state index contributed by atoms with van der Waals surface area (Å²) in [4.78, 5) is 11.4. The SMILES string of the molecule is COc1cc(C)cc(F)c1C1(C(=O)O)CCC1. The van der Waals surface area contributed by atoms with Crippen LogP contribution in [0.1, 0.15) is 30.4 Å². The molecule has 0 aromatic heterocycles. The molecule has 0 saturated heterocycles. The molecule has 0 unspecified atom stereocenters. The molecule has 0 aliphatic heterocycles. The van der Waals surface area contributed by atoms with E-state index in [4.69, 9.17) is 4.74 Å². The molecule has 1 fully saturated rings. The van der Waals surface area contributed by atoms with E-state index in [2.05, 4.69) is 0 Å². The van der Waals surface area contributed by atoms with Gasteiger partial charge in [-0.2, -0.15) is 0 Å². The minimum absolute atomic E-state index is 0.198. The molecule has 3 nitrogen and oxygen atoms in total. The van der Waals surface area contributed by atoms with Gasteiger partial charge in [0.2, 0.25) is 0 Å². The second-order valence-corrected chi connectivity index (χ2v) is 4.56. The first-order valence-corrected chi connectivity index (χ1v) is 5.59. The van der Waals surface area contributed by atoms with Crippen LogP contribution in [0.3, 0.4) is 0 Å². The van der Waals surface area contributed by atoms with Crippen molar-refractivity contribution in [2.45, 2.75) is 31.6 Å². The van der Waals surface area contributed by atoms with Crippen LogP contribution in [-0.2, 0) is 10.2 Å². The predicted octanol–water partition coefficient (Wildman–Crippen LogP) is 2.65. The van der Waals surface area contributed by atoms with Gasteiger partial charge < -0.3 is 9.84 Å². The van der Waals surface area contributed by atoms with Crippen LogP contribution in [0.4, 0.5) is 4.39 Å². The van der Waals surface area contributed by atoms with E-state index in [0.717, 1.165) is 12.0 Å². The Kier molecular flexibility index (Phi) is 2.81. The quantitative estimate of drug-likeness (QED) is 0.880. The number of carboxylic acid groups (broad SMARTS) is 1. The number of methoxy groups -OCH3 is 1. The third-order valence-corrected chi connectivity index (χ3v) is 3.51. The third kappa shape index (κ3) is 1.68. The smallest absolute Gasteiger partial charge is 0.314 e.